The number of carboxylic acid groups (broad SMARTS) is 1. The van der Waals surface area contributed by atoms with Gasteiger partial charge in [-0.2, -0.15) is 0 Å². The molecule has 0 radical (unpaired) electrons. The average Bonchev–Trinajstić information content (AvgIpc) is 2.21. The number of rotatable bonds is 10. The molecule has 0 bridgehead atoms. The van der Waals surface area contributed by atoms with Crippen LogP contribution in [0.3, 0.4) is 0 Å². The summed E-state index contributed by atoms with van der Waals surface area (Å²) in [5.74, 6) is -0.686. The summed E-state index contributed by atoms with van der Waals surface area (Å²) in [5.41, 5.74) is 0. The first-order valence-electron chi connectivity index (χ1n) is 6.52. The summed E-state index contributed by atoms with van der Waals surface area (Å²) in [6, 6.07) is 0. The normalized spacial score (nSPS) is 11.7. The summed E-state index contributed by atoms with van der Waals surface area (Å²) in [7, 11) is 4.24. The topological polar surface area (TPSA) is 37.3 Å². The van der Waals surface area contributed by atoms with Crippen LogP contribution in [-0.4, -0.2) is 42.7 Å². The molecule has 0 aliphatic carbocycles. The van der Waals surface area contributed by atoms with Gasteiger partial charge in [0.2, 0.25) is 0 Å². The Balaban J connectivity index is 3.46. The van der Waals surface area contributed by atoms with E-state index in [1.807, 2.05) is 0 Å². The Kier molecular flexibility index (Phi) is 8.26. The first-order valence-corrected chi connectivity index (χ1v) is 6.52. The van der Waals surface area contributed by atoms with E-state index >= 15 is 0 Å². The van der Waals surface area contributed by atoms with Crippen LogP contribution in [0, 0.1) is 0 Å². The van der Waals surface area contributed by atoms with Crippen LogP contribution in [-0.2, 0) is 4.79 Å². The van der Waals surface area contributed by atoms with Crippen LogP contribution in [0.4, 0.5) is 0 Å². The summed E-state index contributed by atoms with van der Waals surface area (Å²) in [6.07, 6.45) is 8.09. The van der Waals surface area contributed by atoms with E-state index in [9.17, 15) is 4.79 Å². The lowest BCUT2D eigenvalue weighted by atomic mass is 10.1. The Labute approximate surface area is 100 Å². The number of quaternary nitrogens is 1. The maximum Gasteiger partial charge on any atom is 0.309 e. The average molecular weight is 230 g/mol. The van der Waals surface area contributed by atoms with Crippen LogP contribution in [0.15, 0.2) is 0 Å². The lowest BCUT2D eigenvalue weighted by molar-refractivity contribution is -0.890. The van der Waals surface area contributed by atoms with Crippen molar-refractivity contribution in [3.8, 4) is 0 Å². The van der Waals surface area contributed by atoms with Crippen LogP contribution >= 0.6 is 0 Å². The molecule has 0 atom stereocenters. The van der Waals surface area contributed by atoms with Crippen molar-refractivity contribution >= 4 is 5.97 Å². The van der Waals surface area contributed by atoms with Crippen LogP contribution < -0.4 is 0 Å². The van der Waals surface area contributed by atoms with Gasteiger partial charge >= 0.3 is 5.97 Å². The monoisotopic (exact) mass is 230 g/mol. The van der Waals surface area contributed by atoms with Gasteiger partial charge in [-0.3, -0.25) is 4.79 Å². The van der Waals surface area contributed by atoms with Gasteiger partial charge in [-0.25, -0.2) is 0 Å². The third-order valence-corrected chi connectivity index (χ3v) is 3.05. The first-order chi connectivity index (χ1) is 7.48. The summed E-state index contributed by atoms with van der Waals surface area (Å²) in [5, 5.41) is 8.64. The molecule has 0 unspecified atom stereocenters. The van der Waals surface area contributed by atoms with Crippen molar-refractivity contribution in [1.82, 2.24) is 0 Å². The number of aliphatic carboxylic acids is 1. The summed E-state index contributed by atoms with van der Waals surface area (Å²) in [4.78, 5) is 10.5. The lowest BCUT2D eigenvalue weighted by Gasteiger charge is -2.29. The second-order valence-corrected chi connectivity index (χ2v) is 5.29. The van der Waals surface area contributed by atoms with Crippen molar-refractivity contribution in [3.63, 3.8) is 0 Å². The standard InChI is InChI=1S/C13H27NO2/c1-4-5-6-7-8-9-11-14(2,3)12-10-13(15)16/h4-12H2,1-3H3/p+1. The van der Waals surface area contributed by atoms with E-state index in [-0.39, 0.29) is 6.42 Å². The molecule has 0 aromatic rings. The van der Waals surface area contributed by atoms with Gasteiger partial charge in [0.1, 0.15) is 0 Å². The summed E-state index contributed by atoms with van der Waals surface area (Å²) < 4.78 is 0.833. The molecule has 0 heterocycles. The molecular formula is C13H28NO2+. The summed E-state index contributed by atoms with van der Waals surface area (Å²) >= 11 is 0. The van der Waals surface area contributed by atoms with Crippen LogP contribution in [0.25, 0.3) is 0 Å². The highest BCUT2D eigenvalue weighted by Gasteiger charge is 2.15. The Morgan fingerprint density at radius 3 is 2.12 bits per heavy atom. The zero-order chi connectivity index (χ0) is 12.4. The fourth-order valence-electron chi connectivity index (χ4n) is 1.83. The van der Waals surface area contributed by atoms with Gasteiger partial charge in [-0.1, -0.05) is 32.6 Å². The Morgan fingerprint density at radius 2 is 1.56 bits per heavy atom. The van der Waals surface area contributed by atoms with Crippen LogP contribution in [0.2, 0.25) is 0 Å². The number of nitrogens with zero attached hydrogens (tertiary/aromatic N) is 1. The molecule has 0 rings (SSSR count). The molecule has 0 fully saturated rings. The highest BCUT2D eigenvalue weighted by atomic mass is 16.4. The molecule has 0 spiro atoms. The SMILES string of the molecule is CCCCCCCC[N+](C)(C)CCC(=O)O. The van der Waals surface area contributed by atoms with Crippen molar-refractivity contribution in [2.75, 3.05) is 27.2 Å². The predicted octanol–water partition coefficient (Wildman–Crippen LogP) is 2.90. The molecule has 16 heavy (non-hydrogen) atoms. The Morgan fingerprint density at radius 1 is 1.00 bits per heavy atom. The Hall–Kier alpha value is -0.570. The number of hydrogen-bond acceptors (Lipinski definition) is 1. The number of hydrogen-bond donors (Lipinski definition) is 1. The number of carboxylic acids is 1. The molecule has 0 aliphatic heterocycles. The zero-order valence-electron chi connectivity index (χ0n) is 11.2. The lowest BCUT2D eigenvalue weighted by Crippen LogP contribution is -2.42. The fraction of sp³-hybridized carbons (Fsp3) is 0.923. The van der Waals surface area contributed by atoms with E-state index in [1.165, 1.54) is 38.5 Å². The minimum atomic E-state index is -0.686. The molecule has 0 amide bonds. The van der Waals surface area contributed by atoms with Crippen molar-refractivity contribution in [2.45, 2.75) is 51.9 Å². The molecule has 96 valence electrons. The zero-order valence-corrected chi connectivity index (χ0v) is 11.2. The van der Waals surface area contributed by atoms with Gasteiger partial charge in [-0.05, 0) is 12.8 Å². The van der Waals surface area contributed by atoms with Gasteiger partial charge in [-0.15, -0.1) is 0 Å². The van der Waals surface area contributed by atoms with Gasteiger partial charge < -0.3 is 9.59 Å². The second kappa shape index (κ2) is 8.57. The largest absolute Gasteiger partial charge is 0.481 e. The van der Waals surface area contributed by atoms with E-state index in [0.717, 1.165) is 17.6 Å². The Bertz CT molecular complexity index is 190. The first kappa shape index (κ1) is 15.4. The molecule has 0 aromatic carbocycles. The van der Waals surface area contributed by atoms with Gasteiger partial charge in [0, 0.05) is 0 Å². The maximum atomic E-state index is 10.5. The van der Waals surface area contributed by atoms with Crippen LogP contribution in [0.1, 0.15) is 51.9 Å². The number of carbonyl (C=O) groups is 1. The smallest absolute Gasteiger partial charge is 0.309 e. The molecule has 0 aliphatic rings. The molecule has 0 saturated carbocycles. The van der Waals surface area contributed by atoms with Crippen molar-refractivity contribution in [3.05, 3.63) is 0 Å². The summed E-state index contributed by atoms with van der Waals surface area (Å²) in [6.45, 7) is 4.07. The maximum absolute atomic E-state index is 10.5. The minimum Gasteiger partial charge on any atom is -0.481 e. The van der Waals surface area contributed by atoms with E-state index in [2.05, 4.69) is 21.0 Å². The fourth-order valence-corrected chi connectivity index (χ4v) is 1.83. The highest BCUT2D eigenvalue weighted by molar-refractivity contribution is 5.66. The minimum absolute atomic E-state index is 0.281. The molecule has 3 nitrogen and oxygen atoms in total. The number of unbranched alkanes of at least 4 members (excludes halogenated alkanes) is 5. The van der Waals surface area contributed by atoms with Crippen molar-refractivity contribution in [1.29, 1.82) is 0 Å². The molecule has 0 aromatic heterocycles. The van der Waals surface area contributed by atoms with Gasteiger partial charge in [0.05, 0.1) is 33.6 Å². The highest BCUT2D eigenvalue weighted by Crippen LogP contribution is 2.08. The predicted molar refractivity (Wildman–Crippen MR) is 67.5 cm³/mol. The van der Waals surface area contributed by atoms with Gasteiger partial charge in [0.25, 0.3) is 0 Å². The third kappa shape index (κ3) is 9.97. The second-order valence-electron chi connectivity index (χ2n) is 5.29. The molecule has 1 N–H and O–H groups in total. The van der Waals surface area contributed by atoms with Gasteiger partial charge in [0.15, 0.2) is 0 Å². The van der Waals surface area contributed by atoms with E-state index in [0.29, 0.717) is 0 Å². The molecule has 0 saturated heterocycles. The van der Waals surface area contributed by atoms with Crippen molar-refractivity contribution < 1.29 is 14.4 Å². The van der Waals surface area contributed by atoms with Crippen molar-refractivity contribution in [2.24, 2.45) is 0 Å². The van der Waals surface area contributed by atoms with E-state index in [4.69, 9.17) is 5.11 Å². The van der Waals surface area contributed by atoms with Crippen LogP contribution in [0.5, 0.6) is 0 Å². The van der Waals surface area contributed by atoms with E-state index < -0.39 is 5.97 Å². The van der Waals surface area contributed by atoms with E-state index in [1.54, 1.807) is 0 Å². The molecular weight excluding hydrogens is 202 g/mol. The molecule has 3 heteroatoms. The third-order valence-electron chi connectivity index (χ3n) is 3.05. The quantitative estimate of drug-likeness (QED) is 0.463.